The van der Waals surface area contributed by atoms with E-state index in [1.165, 1.54) is 32.1 Å². The maximum absolute atomic E-state index is 12.0. The molecule has 2 atom stereocenters. The lowest BCUT2D eigenvalue weighted by molar-refractivity contribution is -0.125. The van der Waals surface area contributed by atoms with Crippen LogP contribution in [0.4, 0.5) is 0 Å². The van der Waals surface area contributed by atoms with Gasteiger partial charge in [0.15, 0.2) is 0 Å². The highest BCUT2D eigenvalue weighted by molar-refractivity contribution is 5.79. The van der Waals surface area contributed by atoms with Gasteiger partial charge in [-0.05, 0) is 37.5 Å². The molecule has 3 heteroatoms. The van der Waals surface area contributed by atoms with E-state index in [9.17, 15) is 4.79 Å². The topological polar surface area (TPSA) is 55.1 Å². The Morgan fingerprint density at radius 1 is 1.11 bits per heavy atom. The number of amides is 1. The van der Waals surface area contributed by atoms with Gasteiger partial charge >= 0.3 is 0 Å². The molecule has 3 nitrogen and oxygen atoms in total. The molecule has 2 aliphatic rings. The van der Waals surface area contributed by atoms with Crippen molar-refractivity contribution in [1.82, 2.24) is 5.32 Å². The van der Waals surface area contributed by atoms with Crippen molar-refractivity contribution in [3.8, 4) is 0 Å². The predicted octanol–water partition coefficient (Wildman–Crippen LogP) is 2.45. The second-order valence-corrected chi connectivity index (χ2v) is 6.24. The highest BCUT2D eigenvalue weighted by atomic mass is 16.1. The summed E-state index contributed by atoms with van der Waals surface area (Å²) in [4.78, 5) is 12.0. The predicted molar refractivity (Wildman–Crippen MR) is 74.1 cm³/mol. The van der Waals surface area contributed by atoms with Gasteiger partial charge in [-0.3, -0.25) is 4.79 Å². The lowest BCUT2D eigenvalue weighted by Gasteiger charge is -2.28. The molecular formula is C15H28N2O. The lowest BCUT2D eigenvalue weighted by Crippen LogP contribution is -2.40. The monoisotopic (exact) mass is 252 g/mol. The molecule has 104 valence electrons. The summed E-state index contributed by atoms with van der Waals surface area (Å²) in [5, 5.41) is 3.14. The van der Waals surface area contributed by atoms with Crippen LogP contribution in [0.25, 0.3) is 0 Å². The minimum atomic E-state index is 0.0805. The molecule has 2 saturated carbocycles. The van der Waals surface area contributed by atoms with Crippen molar-refractivity contribution in [2.45, 2.75) is 64.3 Å². The van der Waals surface area contributed by atoms with Gasteiger partial charge in [0.05, 0.1) is 5.92 Å². The van der Waals surface area contributed by atoms with Gasteiger partial charge in [0.2, 0.25) is 5.91 Å². The van der Waals surface area contributed by atoms with Gasteiger partial charge < -0.3 is 11.1 Å². The fourth-order valence-corrected chi connectivity index (χ4v) is 3.53. The second kappa shape index (κ2) is 6.55. The number of carbonyl (C=O) groups is 1. The van der Waals surface area contributed by atoms with Gasteiger partial charge in [-0.2, -0.15) is 0 Å². The Labute approximate surface area is 111 Å². The van der Waals surface area contributed by atoms with Gasteiger partial charge in [-0.1, -0.05) is 32.6 Å². The molecule has 0 aromatic rings. The molecule has 0 spiro atoms. The van der Waals surface area contributed by atoms with Crippen LogP contribution in [0.5, 0.6) is 0 Å². The first-order valence-corrected chi connectivity index (χ1v) is 7.74. The van der Waals surface area contributed by atoms with Gasteiger partial charge in [-0.15, -0.1) is 0 Å². The first-order valence-electron chi connectivity index (χ1n) is 7.74. The molecule has 0 bridgehead atoms. The molecule has 2 fully saturated rings. The Balaban J connectivity index is 1.67. The first-order chi connectivity index (χ1) is 8.70. The van der Waals surface area contributed by atoms with E-state index >= 15 is 0 Å². The lowest BCUT2D eigenvalue weighted by atomic mass is 9.81. The van der Waals surface area contributed by atoms with Crippen LogP contribution < -0.4 is 11.1 Å². The summed E-state index contributed by atoms with van der Waals surface area (Å²) < 4.78 is 0. The van der Waals surface area contributed by atoms with Gasteiger partial charge in [0, 0.05) is 12.6 Å². The number of nitrogens with one attached hydrogen (secondary N) is 1. The molecule has 3 N–H and O–H groups in total. The van der Waals surface area contributed by atoms with E-state index in [1.54, 1.807) is 0 Å². The van der Waals surface area contributed by atoms with Crippen molar-refractivity contribution in [2.75, 3.05) is 6.54 Å². The Bertz CT molecular complexity index is 272. The first kappa shape index (κ1) is 13.9. The van der Waals surface area contributed by atoms with Gasteiger partial charge in [0.1, 0.15) is 0 Å². The van der Waals surface area contributed by atoms with E-state index in [-0.39, 0.29) is 17.9 Å². The summed E-state index contributed by atoms with van der Waals surface area (Å²) in [7, 11) is 0. The molecular weight excluding hydrogens is 224 g/mol. The Morgan fingerprint density at radius 3 is 2.33 bits per heavy atom. The molecule has 0 aromatic heterocycles. The summed E-state index contributed by atoms with van der Waals surface area (Å²) in [6.45, 7) is 3.16. The fraction of sp³-hybridized carbons (Fsp3) is 0.933. The minimum absolute atomic E-state index is 0.0805. The summed E-state index contributed by atoms with van der Waals surface area (Å²) in [5.74, 6) is 1.92. The molecule has 2 unspecified atom stereocenters. The van der Waals surface area contributed by atoms with Crippen LogP contribution in [0.2, 0.25) is 0 Å². The highest BCUT2D eigenvalue weighted by Gasteiger charge is 2.30. The van der Waals surface area contributed by atoms with E-state index in [0.717, 1.165) is 31.7 Å². The number of hydrogen-bond acceptors (Lipinski definition) is 2. The van der Waals surface area contributed by atoms with E-state index < -0.39 is 0 Å². The zero-order valence-electron chi connectivity index (χ0n) is 11.7. The molecule has 0 saturated heterocycles. The fourth-order valence-electron chi connectivity index (χ4n) is 3.53. The van der Waals surface area contributed by atoms with Crippen LogP contribution in [0.15, 0.2) is 0 Å². The van der Waals surface area contributed by atoms with Crippen LogP contribution in [0.3, 0.4) is 0 Å². The van der Waals surface area contributed by atoms with Crippen LogP contribution in [0.1, 0.15) is 58.3 Å². The molecule has 2 aliphatic carbocycles. The SMILES string of the molecule is CCC1CCC(CNC(=O)C2CCCC2N)CC1. The molecule has 2 rings (SSSR count). The molecule has 0 heterocycles. The average Bonchev–Trinajstić information content (AvgIpc) is 2.83. The molecule has 18 heavy (non-hydrogen) atoms. The smallest absolute Gasteiger partial charge is 0.224 e. The third-order valence-electron chi connectivity index (χ3n) is 5.01. The zero-order valence-corrected chi connectivity index (χ0v) is 11.7. The number of carbonyl (C=O) groups excluding carboxylic acids is 1. The third kappa shape index (κ3) is 3.47. The quantitative estimate of drug-likeness (QED) is 0.807. The van der Waals surface area contributed by atoms with E-state index in [1.807, 2.05) is 0 Å². The summed E-state index contributed by atoms with van der Waals surface area (Å²) in [5.41, 5.74) is 5.96. The average molecular weight is 252 g/mol. The van der Waals surface area contributed by atoms with Crippen LogP contribution in [0, 0.1) is 17.8 Å². The molecule has 0 radical (unpaired) electrons. The molecule has 0 aromatic carbocycles. The normalized spacial score (nSPS) is 36.6. The Kier molecular flexibility index (Phi) is 5.04. The van der Waals surface area contributed by atoms with Gasteiger partial charge in [0.25, 0.3) is 0 Å². The van der Waals surface area contributed by atoms with Crippen molar-refractivity contribution in [1.29, 1.82) is 0 Å². The summed E-state index contributed by atoms with van der Waals surface area (Å²) in [6, 6.07) is 0.0980. The number of nitrogens with two attached hydrogens (primary N) is 1. The van der Waals surface area contributed by atoms with Crippen molar-refractivity contribution in [3.05, 3.63) is 0 Å². The minimum Gasteiger partial charge on any atom is -0.356 e. The van der Waals surface area contributed by atoms with Crippen molar-refractivity contribution in [3.63, 3.8) is 0 Å². The highest BCUT2D eigenvalue weighted by Crippen LogP contribution is 2.30. The standard InChI is InChI=1S/C15H28N2O/c1-2-11-6-8-12(9-7-11)10-17-15(18)13-4-3-5-14(13)16/h11-14H,2-10,16H2,1H3,(H,17,18). The molecule has 0 aliphatic heterocycles. The number of hydrogen-bond donors (Lipinski definition) is 2. The van der Waals surface area contributed by atoms with Crippen LogP contribution in [-0.2, 0) is 4.79 Å². The largest absolute Gasteiger partial charge is 0.356 e. The Morgan fingerprint density at radius 2 is 1.78 bits per heavy atom. The molecule has 1 amide bonds. The van der Waals surface area contributed by atoms with E-state index in [2.05, 4.69) is 12.2 Å². The second-order valence-electron chi connectivity index (χ2n) is 6.24. The van der Waals surface area contributed by atoms with Gasteiger partial charge in [-0.25, -0.2) is 0 Å². The van der Waals surface area contributed by atoms with E-state index in [0.29, 0.717) is 5.92 Å². The number of rotatable bonds is 4. The van der Waals surface area contributed by atoms with Crippen molar-refractivity contribution < 1.29 is 4.79 Å². The maximum atomic E-state index is 12.0. The van der Waals surface area contributed by atoms with Crippen LogP contribution >= 0.6 is 0 Å². The Hall–Kier alpha value is -0.570. The summed E-state index contributed by atoms with van der Waals surface area (Å²) >= 11 is 0. The van der Waals surface area contributed by atoms with E-state index in [4.69, 9.17) is 5.73 Å². The van der Waals surface area contributed by atoms with Crippen LogP contribution in [-0.4, -0.2) is 18.5 Å². The third-order valence-corrected chi connectivity index (χ3v) is 5.01. The van der Waals surface area contributed by atoms with Crippen molar-refractivity contribution in [2.24, 2.45) is 23.5 Å². The van der Waals surface area contributed by atoms with Crippen molar-refractivity contribution >= 4 is 5.91 Å². The zero-order chi connectivity index (χ0) is 13.0. The summed E-state index contributed by atoms with van der Waals surface area (Å²) in [6.07, 6.45) is 9.69. The maximum Gasteiger partial charge on any atom is 0.224 e.